The van der Waals surface area contributed by atoms with Crippen LogP contribution in [0, 0.1) is 14.9 Å². The zero-order chi connectivity index (χ0) is 16.7. The number of halogens is 1. The van der Waals surface area contributed by atoms with Crippen molar-refractivity contribution in [2.24, 2.45) is 0 Å². The van der Waals surface area contributed by atoms with Crippen LogP contribution >= 0.6 is 22.6 Å². The molecule has 0 atom stereocenters. The summed E-state index contributed by atoms with van der Waals surface area (Å²) in [6.07, 6.45) is -0.184. The maximum absolute atomic E-state index is 12.4. The largest absolute Gasteiger partial charge is 0.351 e. The Bertz CT molecular complexity index is 768. The molecule has 0 aliphatic rings. The van der Waals surface area contributed by atoms with Crippen molar-refractivity contribution in [1.82, 2.24) is 5.32 Å². The molecule has 0 aliphatic heterocycles. The van der Waals surface area contributed by atoms with Crippen LogP contribution in [-0.4, -0.2) is 11.8 Å². The van der Waals surface area contributed by atoms with Gasteiger partial charge in [-0.15, -0.1) is 0 Å². The molecule has 5 nitrogen and oxygen atoms in total. The molecule has 0 fully saturated rings. The SMILES string of the molecule is N#CCC(=O)NCc1ccccc1NC(=O)c1ccccc1I. The average molecular weight is 419 g/mol. The second kappa shape index (κ2) is 8.29. The Morgan fingerprint density at radius 2 is 1.78 bits per heavy atom. The van der Waals surface area contributed by atoms with Gasteiger partial charge in [0.1, 0.15) is 6.42 Å². The van der Waals surface area contributed by atoms with Crippen LogP contribution in [-0.2, 0) is 11.3 Å². The summed E-state index contributed by atoms with van der Waals surface area (Å²) in [4.78, 5) is 23.8. The predicted molar refractivity (Wildman–Crippen MR) is 95.6 cm³/mol. The average Bonchev–Trinajstić information content (AvgIpc) is 2.54. The summed E-state index contributed by atoms with van der Waals surface area (Å²) in [7, 11) is 0. The highest BCUT2D eigenvalue weighted by atomic mass is 127. The molecular formula is C17H14IN3O2. The van der Waals surface area contributed by atoms with Crippen LogP contribution in [0.15, 0.2) is 48.5 Å². The molecule has 23 heavy (non-hydrogen) atoms. The zero-order valence-corrected chi connectivity index (χ0v) is 14.3. The van der Waals surface area contributed by atoms with Crippen LogP contribution in [0.1, 0.15) is 22.3 Å². The molecule has 0 saturated carbocycles. The molecule has 0 aliphatic carbocycles. The van der Waals surface area contributed by atoms with E-state index in [1.54, 1.807) is 18.2 Å². The van der Waals surface area contributed by atoms with Gasteiger partial charge in [0.2, 0.25) is 5.91 Å². The topological polar surface area (TPSA) is 82.0 Å². The quantitative estimate of drug-likeness (QED) is 0.731. The van der Waals surface area contributed by atoms with Gasteiger partial charge in [0, 0.05) is 15.8 Å². The lowest BCUT2D eigenvalue weighted by Gasteiger charge is -2.12. The van der Waals surface area contributed by atoms with E-state index < -0.39 is 0 Å². The molecule has 0 saturated heterocycles. The van der Waals surface area contributed by atoms with Crippen LogP contribution in [0.25, 0.3) is 0 Å². The van der Waals surface area contributed by atoms with E-state index >= 15 is 0 Å². The lowest BCUT2D eigenvalue weighted by Crippen LogP contribution is -2.23. The number of nitrogens with one attached hydrogen (secondary N) is 2. The Morgan fingerprint density at radius 3 is 2.52 bits per heavy atom. The molecule has 116 valence electrons. The Labute approximate surface area is 147 Å². The summed E-state index contributed by atoms with van der Waals surface area (Å²) in [5.41, 5.74) is 2.00. The van der Waals surface area contributed by atoms with E-state index in [0.717, 1.165) is 9.13 Å². The standard InChI is InChI=1S/C17H14IN3O2/c18-14-7-3-2-6-13(14)17(23)21-15-8-4-1-5-12(15)11-20-16(22)9-10-19/h1-8H,9,11H2,(H,20,22)(H,21,23). The van der Waals surface area contributed by atoms with Gasteiger partial charge in [-0.1, -0.05) is 30.3 Å². The zero-order valence-electron chi connectivity index (χ0n) is 12.2. The Hall–Kier alpha value is -2.40. The normalized spacial score (nSPS) is 9.74. The van der Waals surface area contributed by atoms with Gasteiger partial charge >= 0.3 is 0 Å². The molecule has 2 aromatic carbocycles. The van der Waals surface area contributed by atoms with Gasteiger partial charge in [-0.25, -0.2) is 0 Å². The number of anilines is 1. The number of carbonyl (C=O) groups excluding carboxylic acids is 2. The molecule has 0 radical (unpaired) electrons. The number of rotatable bonds is 5. The van der Waals surface area contributed by atoms with E-state index in [-0.39, 0.29) is 24.8 Å². The molecule has 2 rings (SSSR count). The second-order valence-corrected chi connectivity index (χ2v) is 5.86. The van der Waals surface area contributed by atoms with Crippen LogP contribution < -0.4 is 10.6 Å². The van der Waals surface area contributed by atoms with Gasteiger partial charge in [0.25, 0.3) is 5.91 Å². The number of hydrogen-bond donors (Lipinski definition) is 2. The number of para-hydroxylation sites is 1. The van der Waals surface area contributed by atoms with Crippen LogP contribution in [0.4, 0.5) is 5.69 Å². The maximum Gasteiger partial charge on any atom is 0.256 e. The van der Waals surface area contributed by atoms with Crippen molar-refractivity contribution in [3.05, 3.63) is 63.2 Å². The van der Waals surface area contributed by atoms with Gasteiger partial charge in [0.05, 0.1) is 11.6 Å². The van der Waals surface area contributed by atoms with Crippen molar-refractivity contribution in [2.45, 2.75) is 13.0 Å². The first kappa shape index (κ1) is 17.0. The fourth-order valence-corrected chi connectivity index (χ4v) is 2.59. The number of hydrogen-bond acceptors (Lipinski definition) is 3. The molecule has 0 unspecified atom stereocenters. The monoisotopic (exact) mass is 419 g/mol. The minimum atomic E-state index is -0.341. The highest BCUT2D eigenvalue weighted by molar-refractivity contribution is 14.1. The summed E-state index contributed by atoms with van der Waals surface area (Å²) in [5.74, 6) is -0.544. The molecule has 2 N–H and O–H groups in total. The van der Waals surface area contributed by atoms with Gasteiger partial charge in [0.15, 0.2) is 0 Å². The number of benzene rings is 2. The number of nitrogens with zero attached hydrogens (tertiary/aromatic N) is 1. The summed E-state index contributed by atoms with van der Waals surface area (Å²) >= 11 is 2.11. The molecule has 0 spiro atoms. The fraction of sp³-hybridized carbons (Fsp3) is 0.118. The predicted octanol–water partition coefficient (Wildman–Crippen LogP) is 3.07. The van der Waals surface area contributed by atoms with Crippen molar-refractivity contribution >= 4 is 40.1 Å². The maximum atomic E-state index is 12.4. The first-order chi connectivity index (χ1) is 11.1. The third kappa shape index (κ3) is 4.79. The Morgan fingerprint density at radius 1 is 1.09 bits per heavy atom. The number of nitriles is 1. The molecule has 0 aromatic heterocycles. The number of amides is 2. The van der Waals surface area contributed by atoms with Gasteiger partial charge in [-0.3, -0.25) is 9.59 Å². The molecule has 0 bridgehead atoms. The van der Waals surface area contributed by atoms with E-state index in [0.29, 0.717) is 11.3 Å². The van der Waals surface area contributed by atoms with Crippen LogP contribution in [0.2, 0.25) is 0 Å². The minimum Gasteiger partial charge on any atom is -0.351 e. The van der Waals surface area contributed by atoms with Crippen molar-refractivity contribution in [1.29, 1.82) is 5.26 Å². The fourth-order valence-electron chi connectivity index (χ4n) is 1.96. The van der Waals surface area contributed by atoms with Crippen LogP contribution in [0.3, 0.4) is 0 Å². The Kier molecular flexibility index (Phi) is 6.11. The second-order valence-electron chi connectivity index (χ2n) is 4.70. The van der Waals surface area contributed by atoms with Crippen molar-refractivity contribution in [3.8, 4) is 6.07 Å². The molecule has 0 heterocycles. The molecule has 2 aromatic rings. The van der Waals surface area contributed by atoms with E-state index in [2.05, 4.69) is 33.2 Å². The smallest absolute Gasteiger partial charge is 0.256 e. The van der Waals surface area contributed by atoms with E-state index in [4.69, 9.17) is 5.26 Å². The summed E-state index contributed by atoms with van der Waals surface area (Å²) in [6, 6.07) is 16.3. The molecule has 2 amide bonds. The van der Waals surface area contributed by atoms with E-state index in [1.165, 1.54) is 0 Å². The highest BCUT2D eigenvalue weighted by Crippen LogP contribution is 2.18. The summed E-state index contributed by atoms with van der Waals surface area (Å²) in [6.45, 7) is 0.253. The molecule has 6 heteroatoms. The third-order valence-corrected chi connectivity index (χ3v) is 4.04. The van der Waals surface area contributed by atoms with Crippen LogP contribution in [0.5, 0.6) is 0 Å². The summed E-state index contributed by atoms with van der Waals surface area (Å²) < 4.78 is 0.863. The summed E-state index contributed by atoms with van der Waals surface area (Å²) in [5, 5.41) is 14.0. The highest BCUT2D eigenvalue weighted by Gasteiger charge is 2.12. The number of carbonyl (C=O) groups is 2. The first-order valence-corrected chi connectivity index (χ1v) is 7.97. The third-order valence-electron chi connectivity index (χ3n) is 3.10. The van der Waals surface area contributed by atoms with Gasteiger partial charge in [-0.05, 0) is 46.4 Å². The lowest BCUT2D eigenvalue weighted by molar-refractivity contribution is -0.120. The van der Waals surface area contributed by atoms with Gasteiger partial charge < -0.3 is 10.6 Å². The minimum absolute atomic E-state index is 0.184. The first-order valence-electron chi connectivity index (χ1n) is 6.89. The van der Waals surface area contributed by atoms with E-state index in [1.807, 2.05) is 36.4 Å². The van der Waals surface area contributed by atoms with E-state index in [9.17, 15) is 9.59 Å². The van der Waals surface area contributed by atoms with Gasteiger partial charge in [-0.2, -0.15) is 5.26 Å². The Balaban J connectivity index is 2.11. The van der Waals surface area contributed by atoms with Crippen molar-refractivity contribution in [3.63, 3.8) is 0 Å². The van der Waals surface area contributed by atoms with Crippen molar-refractivity contribution in [2.75, 3.05) is 5.32 Å². The molecular weight excluding hydrogens is 405 g/mol. The lowest BCUT2D eigenvalue weighted by atomic mass is 10.1. The van der Waals surface area contributed by atoms with Crippen molar-refractivity contribution < 1.29 is 9.59 Å².